The molecule has 0 fully saturated rings. The Bertz CT molecular complexity index is 233. The largest absolute Gasteiger partial charge is 0.352 e. The molecule has 72 valence electrons. The highest BCUT2D eigenvalue weighted by Crippen LogP contribution is 2.07. The Morgan fingerprint density at radius 1 is 1.23 bits per heavy atom. The average Bonchev–Trinajstić information content (AvgIpc) is 2.04. The van der Waals surface area contributed by atoms with Crippen LogP contribution in [0, 0.1) is 5.92 Å². The number of hydrogen-bond acceptors (Lipinski definition) is 3. The van der Waals surface area contributed by atoms with E-state index in [1.54, 1.807) is 12.4 Å². The molecule has 1 unspecified atom stereocenters. The number of rotatable bonds is 4. The molecule has 0 radical (unpaired) electrons. The van der Waals surface area contributed by atoms with E-state index >= 15 is 0 Å². The third-order valence-electron chi connectivity index (χ3n) is 1.77. The normalized spacial score (nSPS) is 12.9. The zero-order valence-corrected chi connectivity index (χ0v) is 8.49. The molecule has 0 amide bonds. The van der Waals surface area contributed by atoms with Crippen molar-refractivity contribution in [3.63, 3.8) is 0 Å². The van der Waals surface area contributed by atoms with Gasteiger partial charge in [0.2, 0.25) is 5.95 Å². The van der Waals surface area contributed by atoms with E-state index < -0.39 is 0 Å². The molecule has 3 heteroatoms. The summed E-state index contributed by atoms with van der Waals surface area (Å²) in [5.74, 6) is 1.42. The van der Waals surface area contributed by atoms with Gasteiger partial charge in [-0.25, -0.2) is 9.97 Å². The van der Waals surface area contributed by atoms with E-state index in [4.69, 9.17) is 0 Å². The van der Waals surface area contributed by atoms with Crippen molar-refractivity contribution in [2.75, 3.05) is 5.32 Å². The maximum Gasteiger partial charge on any atom is 0.222 e. The Labute approximate surface area is 79.6 Å². The van der Waals surface area contributed by atoms with Gasteiger partial charge in [-0.05, 0) is 25.3 Å². The zero-order chi connectivity index (χ0) is 9.68. The fourth-order valence-electron chi connectivity index (χ4n) is 1.36. The maximum atomic E-state index is 4.10. The fourth-order valence-corrected chi connectivity index (χ4v) is 1.36. The van der Waals surface area contributed by atoms with E-state index in [-0.39, 0.29) is 0 Å². The molecule has 0 saturated heterocycles. The van der Waals surface area contributed by atoms with Gasteiger partial charge >= 0.3 is 0 Å². The number of aromatic nitrogens is 2. The van der Waals surface area contributed by atoms with E-state index in [9.17, 15) is 0 Å². The van der Waals surface area contributed by atoms with Crippen LogP contribution in [0.4, 0.5) is 5.95 Å². The molecule has 0 aromatic carbocycles. The Balaban J connectivity index is 2.41. The summed E-state index contributed by atoms with van der Waals surface area (Å²) >= 11 is 0. The molecule has 0 aliphatic rings. The predicted molar refractivity (Wildman–Crippen MR) is 54.6 cm³/mol. The summed E-state index contributed by atoms with van der Waals surface area (Å²) in [6, 6.07) is 2.25. The first-order chi connectivity index (χ1) is 6.18. The molecule has 1 N–H and O–H groups in total. The molecule has 13 heavy (non-hydrogen) atoms. The highest BCUT2D eigenvalue weighted by molar-refractivity contribution is 5.23. The van der Waals surface area contributed by atoms with Crippen LogP contribution in [-0.2, 0) is 0 Å². The highest BCUT2D eigenvalue weighted by atomic mass is 15.1. The van der Waals surface area contributed by atoms with Gasteiger partial charge in [0.15, 0.2) is 0 Å². The Morgan fingerprint density at radius 2 is 1.85 bits per heavy atom. The summed E-state index contributed by atoms with van der Waals surface area (Å²) < 4.78 is 0. The van der Waals surface area contributed by atoms with Crippen molar-refractivity contribution < 1.29 is 0 Å². The summed E-state index contributed by atoms with van der Waals surface area (Å²) in [5.41, 5.74) is 0. The van der Waals surface area contributed by atoms with Gasteiger partial charge < -0.3 is 5.32 Å². The van der Waals surface area contributed by atoms with Crippen molar-refractivity contribution in [2.24, 2.45) is 5.92 Å². The third kappa shape index (κ3) is 3.87. The lowest BCUT2D eigenvalue weighted by Crippen LogP contribution is -2.18. The SMILES string of the molecule is CC(C)CC(C)Nc1ncccn1. The molecule has 0 aliphatic heterocycles. The topological polar surface area (TPSA) is 37.8 Å². The number of anilines is 1. The molecular formula is C10H17N3. The molecule has 3 nitrogen and oxygen atoms in total. The summed E-state index contributed by atoms with van der Waals surface area (Å²) in [4.78, 5) is 8.21. The zero-order valence-electron chi connectivity index (χ0n) is 8.49. The van der Waals surface area contributed by atoms with Crippen molar-refractivity contribution in [2.45, 2.75) is 33.2 Å². The average molecular weight is 179 g/mol. The first kappa shape index (κ1) is 9.96. The minimum Gasteiger partial charge on any atom is -0.352 e. The Hall–Kier alpha value is -1.12. The summed E-state index contributed by atoms with van der Waals surface area (Å²) in [6.45, 7) is 6.57. The van der Waals surface area contributed by atoms with E-state index in [2.05, 4.69) is 36.1 Å². The van der Waals surface area contributed by atoms with Gasteiger partial charge in [0.05, 0.1) is 0 Å². The summed E-state index contributed by atoms with van der Waals surface area (Å²) in [5, 5.41) is 3.25. The van der Waals surface area contributed by atoms with Crippen LogP contribution in [0.1, 0.15) is 27.2 Å². The molecule has 1 rings (SSSR count). The minimum atomic E-state index is 0.433. The van der Waals surface area contributed by atoms with Gasteiger partial charge in [0, 0.05) is 18.4 Å². The monoisotopic (exact) mass is 179 g/mol. The van der Waals surface area contributed by atoms with E-state index in [0.717, 1.165) is 12.4 Å². The summed E-state index contributed by atoms with van der Waals surface area (Å²) in [7, 11) is 0. The molecule has 1 aromatic rings. The second-order valence-corrected chi connectivity index (χ2v) is 3.75. The number of hydrogen-bond donors (Lipinski definition) is 1. The van der Waals surface area contributed by atoms with Crippen molar-refractivity contribution in [3.05, 3.63) is 18.5 Å². The molecule has 1 heterocycles. The van der Waals surface area contributed by atoms with Crippen LogP contribution in [0.2, 0.25) is 0 Å². The number of nitrogens with one attached hydrogen (secondary N) is 1. The lowest BCUT2D eigenvalue weighted by Gasteiger charge is -2.15. The minimum absolute atomic E-state index is 0.433. The second-order valence-electron chi connectivity index (χ2n) is 3.75. The molecule has 1 aromatic heterocycles. The van der Waals surface area contributed by atoms with Crippen LogP contribution < -0.4 is 5.32 Å². The molecule has 0 bridgehead atoms. The lowest BCUT2D eigenvalue weighted by molar-refractivity contribution is 0.537. The number of nitrogens with zero attached hydrogens (tertiary/aromatic N) is 2. The van der Waals surface area contributed by atoms with Crippen LogP contribution in [0.5, 0.6) is 0 Å². The van der Waals surface area contributed by atoms with E-state index in [1.807, 2.05) is 6.07 Å². The summed E-state index contributed by atoms with van der Waals surface area (Å²) in [6.07, 6.45) is 4.63. The Morgan fingerprint density at radius 3 is 2.38 bits per heavy atom. The van der Waals surface area contributed by atoms with Crippen molar-refractivity contribution in [3.8, 4) is 0 Å². The molecule has 1 atom stereocenters. The highest BCUT2D eigenvalue weighted by Gasteiger charge is 2.05. The first-order valence-corrected chi connectivity index (χ1v) is 4.72. The van der Waals surface area contributed by atoms with Crippen molar-refractivity contribution >= 4 is 5.95 Å². The van der Waals surface area contributed by atoms with Crippen LogP contribution in [0.15, 0.2) is 18.5 Å². The predicted octanol–water partition coefficient (Wildman–Crippen LogP) is 2.32. The van der Waals surface area contributed by atoms with Crippen LogP contribution in [-0.4, -0.2) is 16.0 Å². The molecule has 0 saturated carbocycles. The second kappa shape index (κ2) is 4.80. The third-order valence-corrected chi connectivity index (χ3v) is 1.77. The van der Waals surface area contributed by atoms with Crippen LogP contribution in [0.3, 0.4) is 0 Å². The lowest BCUT2D eigenvalue weighted by atomic mass is 10.1. The van der Waals surface area contributed by atoms with Gasteiger partial charge in [-0.2, -0.15) is 0 Å². The van der Waals surface area contributed by atoms with Gasteiger partial charge in [0.25, 0.3) is 0 Å². The van der Waals surface area contributed by atoms with Crippen LogP contribution in [0.25, 0.3) is 0 Å². The fraction of sp³-hybridized carbons (Fsp3) is 0.600. The Kier molecular flexibility index (Phi) is 3.68. The van der Waals surface area contributed by atoms with Gasteiger partial charge in [-0.1, -0.05) is 13.8 Å². The van der Waals surface area contributed by atoms with Gasteiger partial charge in [0.1, 0.15) is 0 Å². The van der Waals surface area contributed by atoms with Crippen molar-refractivity contribution in [1.29, 1.82) is 0 Å². The molecular weight excluding hydrogens is 162 g/mol. The maximum absolute atomic E-state index is 4.10. The molecule has 0 spiro atoms. The van der Waals surface area contributed by atoms with Gasteiger partial charge in [-0.15, -0.1) is 0 Å². The first-order valence-electron chi connectivity index (χ1n) is 4.72. The quantitative estimate of drug-likeness (QED) is 0.770. The van der Waals surface area contributed by atoms with Crippen molar-refractivity contribution in [1.82, 2.24) is 9.97 Å². The smallest absolute Gasteiger partial charge is 0.222 e. The van der Waals surface area contributed by atoms with Crippen LogP contribution >= 0.6 is 0 Å². The van der Waals surface area contributed by atoms with E-state index in [1.165, 1.54) is 0 Å². The van der Waals surface area contributed by atoms with Gasteiger partial charge in [-0.3, -0.25) is 0 Å². The molecule has 0 aliphatic carbocycles. The van der Waals surface area contributed by atoms with E-state index in [0.29, 0.717) is 12.0 Å². The standard InChI is InChI=1S/C10H17N3/c1-8(2)7-9(3)13-10-11-5-4-6-12-10/h4-6,8-9H,7H2,1-3H3,(H,11,12,13).